The van der Waals surface area contributed by atoms with E-state index >= 15 is 0 Å². The third-order valence-corrected chi connectivity index (χ3v) is 5.27. The minimum absolute atomic E-state index is 0.0254. The van der Waals surface area contributed by atoms with E-state index in [0.717, 1.165) is 17.8 Å². The largest absolute Gasteiger partial charge is 0.399 e. The molecule has 1 aliphatic carbocycles. The lowest BCUT2D eigenvalue weighted by molar-refractivity contribution is -0.112. The molecule has 2 N–H and O–H groups in total. The van der Waals surface area contributed by atoms with Crippen LogP contribution in [0.25, 0.3) is 0 Å². The summed E-state index contributed by atoms with van der Waals surface area (Å²) in [5.41, 5.74) is 9.53. The summed E-state index contributed by atoms with van der Waals surface area (Å²) < 4.78 is 0. The molecule has 0 aliphatic heterocycles. The van der Waals surface area contributed by atoms with Crippen molar-refractivity contribution in [2.24, 2.45) is 27.1 Å². The lowest BCUT2D eigenvalue weighted by Gasteiger charge is -2.11. The highest BCUT2D eigenvalue weighted by Crippen LogP contribution is 2.48. The molecule has 1 aliphatic rings. The van der Waals surface area contributed by atoms with Gasteiger partial charge in [0.15, 0.2) is 5.71 Å². The van der Waals surface area contributed by atoms with Crippen LogP contribution in [-0.4, -0.2) is 37.3 Å². The quantitative estimate of drug-likeness (QED) is 0.429. The van der Waals surface area contributed by atoms with Gasteiger partial charge in [0, 0.05) is 17.0 Å². The second kappa shape index (κ2) is 11.1. The Hall–Kier alpha value is -3.68. The number of hydrogen-bond donors (Lipinski definition) is 1. The molecular weight excluding hydrogens is 408 g/mol. The van der Waals surface area contributed by atoms with E-state index in [4.69, 9.17) is 20.2 Å². The van der Waals surface area contributed by atoms with Crippen molar-refractivity contribution in [3.8, 4) is 0 Å². The van der Waals surface area contributed by atoms with Crippen molar-refractivity contribution in [2.45, 2.75) is 32.3 Å². The fourth-order valence-corrected chi connectivity index (χ4v) is 3.67. The zero-order valence-electron chi connectivity index (χ0n) is 18.5. The zero-order chi connectivity index (χ0) is 22.9. The van der Waals surface area contributed by atoms with Gasteiger partial charge in [-0.3, -0.25) is 4.79 Å². The molecule has 3 rings (SSSR count). The van der Waals surface area contributed by atoms with E-state index in [9.17, 15) is 4.79 Å². The molecule has 1 fully saturated rings. The van der Waals surface area contributed by atoms with Crippen LogP contribution in [-0.2, 0) is 25.9 Å². The Kier molecular flexibility index (Phi) is 7.96. The molecule has 0 aromatic heterocycles. The third kappa shape index (κ3) is 5.51. The van der Waals surface area contributed by atoms with Crippen LogP contribution in [0.3, 0.4) is 0 Å². The molecule has 1 amide bonds. The van der Waals surface area contributed by atoms with Gasteiger partial charge in [0.2, 0.25) is 0 Å². The van der Waals surface area contributed by atoms with Crippen molar-refractivity contribution in [3.05, 3.63) is 71.3 Å². The van der Waals surface area contributed by atoms with E-state index in [-0.39, 0.29) is 18.2 Å². The molecule has 0 unspecified atom stereocenters. The van der Waals surface area contributed by atoms with Gasteiger partial charge in [0.05, 0.1) is 0 Å². The Morgan fingerprint density at radius 1 is 1.00 bits per heavy atom. The number of primary amides is 1. The number of carbonyl (C=O) groups is 1. The zero-order valence-corrected chi connectivity index (χ0v) is 18.5. The Morgan fingerprint density at radius 2 is 1.69 bits per heavy atom. The maximum atomic E-state index is 11.8. The van der Waals surface area contributed by atoms with Crippen molar-refractivity contribution in [1.29, 1.82) is 0 Å². The van der Waals surface area contributed by atoms with E-state index in [1.165, 1.54) is 19.8 Å². The van der Waals surface area contributed by atoms with Crippen molar-refractivity contribution < 1.29 is 19.3 Å². The van der Waals surface area contributed by atoms with E-state index in [1.54, 1.807) is 12.1 Å². The van der Waals surface area contributed by atoms with Gasteiger partial charge in [-0.15, -0.1) is 0 Å². The molecule has 168 valence electrons. The molecule has 2 atom stereocenters. The summed E-state index contributed by atoms with van der Waals surface area (Å²) in [4.78, 5) is 27.4. The fraction of sp³-hybridized carbons (Fsp3) is 0.333. The monoisotopic (exact) mass is 436 g/mol. The van der Waals surface area contributed by atoms with Gasteiger partial charge in [-0.1, -0.05) is 77.0 Å². The van der Waals surface area contributed by atoms with Crippen LogP contribution in [0.4, 0.5) is 0 Å². The fourth-order valence-electron chi connectivity index (χ4n) is 3.67. The van der Waals surface area contributed by atoms with E-state index in [0.29, 0.717) is 23.5 Å². The summed E-state index contributed by atoms with van der Waals surface area (Å²) in [6.45, 7) is 2.13. The van der Waals surface area contributed by atoms with E-state index in [2.05, 4.69) is 27.6 Å². The van der Waals surface area contributed by atoms with Crippen molar-refractivity contribution in [3.63, 3.8) is 0 Å². The molecule has 0 bridgehead atoms. The maximum Gasteiger partial charge on any atom is 0.271 e. The van der Waals surface area contributed by atoms with Gasteiger partial charge in [0.25, 0.3) is 5.91 Å². The normalized spacial score (nSPS) is 18.8. The predicted molar refractivity (Wildman–Crippen MR) is 123 cm³/mol. The highest BCUT2D eigenvalue weighted by Gasteiger charge is 2.44. The second-order valence-electron chi connectivity index (χ2n) is 7.33. The summed E-state index contributed by atoms with van der Waals surface area (Å²) in [5, 5.41) is 12.4. The van der Waals surface area contributed by atoms with E-state index < -0.39 is 5.91 Å². The molecule has 8 heteroatoms. The Labute approximate surface area is 187 Å². The maximum absolute atomic E-state index is 11.8. The van der Waals surface area contributed by atoms with Crippen molar-refractivity contribution in [2.75, 3.05) is 14.2 Å². The molecule has 0 saturated heterocycles. The average molecular weight is 437 g/mol. The number of benzene rings is 2. The first-order valence-corrected chi connectivity index (χ1v) is 10.4. The first-order valence-electron chi connectivity index (χ1n) is 10.4. The highest BCUT2D eigenvalue weighted by atomic mass is 16.6. The highest BCUT2D eigenvalue weighted by molar-refractivity contribution is 6.45. The van der Waals surface area contributed by atoms with Gasteiger partial charge in [-0.2, -0.15) is 0 Å². The Morgan fingerprint density at radius 3 is 2.34 bits per heavy atom. The van der Waals surface area contributed by atoms with Gasteiger partial charge >= 0.3 is 0 Å². The van der Waals surface area contributed by atoms with Crippen molar-refractivity contribution in [1.82, 2.24) is 0 Å². The summed E-state index contributed by atoms with van der Waals surface area (Å²) in [7, 11) is 2.88. The van der Waals surface area contributed by atoms with Gasteiger partial charge < -0.3 is 20.2 Å². The molecule has 0 heterocycles. The van der Waals surface area contributed by atoms with Gasteiger partial charge in [-0.05, 0) is 24.3 Å². The Balaban J connectivity index is 1.83. The SMILES string of the molecule is CCC(=NOC)C(=NOCc1ccccc1C(=NOC)C(N)=O)[C@@H]1C[C@H]1c1ccccc1. The third-order valence-electron chi connectivity index (χ3n) is 5.27. The van der Waals surface area contributed by atoms with Gasteiger partial charge in [0.1, 0.15) is 32.2 Å². The number of carbonyl (C=O) groups excluding carboxylic acids is 1. The van der Waals surface area contributed by atoms with Crippen LogP contribution >= 0.6 is 0 Å². The number of nitrogens with two attached hydrogens (primary N) is 1. The molecule has 0 radical (unpaired) electrons. The van der Waals surface area contributed by atoms with Crippen LogP contribution in [0.2, 0.25) is 0 Å². The van der Waals surface area contributed by atoms with Crippen LogP contribution in [0.15, 0.2) is 70.1 Å². The molecule has 8 nitrogen and oxygen atoms in total. The number of rotatable bonds is 11. The topological polar surface area (TPSA) is 108 Å². The summed E-state index contributed by atoms with van der Waals surface area (Å²) in [6.07, 6.45) is 1.63. The molecule has 32 heavy (non-hydrogen) atoms. The van der Waals surface area contributed by atoms with Gasteiger partial charge in [-0.25, -0.2) is 0 Å². The smallest absolute Gasteiger partial charge is 0.271 e. The van der Waals surface area contributed by atoms with Crippen molar-refractivity contribution >= 4 is 23.0 Å². The number of amides is 1. The molecule has 2 aromatic carbocycles. The van der Waals surface area contributed by atoms with Crippen LogP contribution in [0, 0.1) is 5.92 Å². The lowest BCUT2D eigenvalue weighted by Crippen LogP contribution is -2.25. The number of oxime groups is 3. The number of hydrogen-bond acceptors (Lipinski definition) is 7. The second-order valence-corrected chi connectivity index (χ2v) is 7.33. The van der Waals surface area contributed by atoms with Crippen LogP contribution in [0.1, 0.15) is 42.4 Å². The van der Waals surface area contributed by atoms with Crippen LogP contribution < -0.4 is 5.73 Å². The molecule has 0 spiro atoms. The molecular formula is C24H28N4O4. The summed E-state index contributed by atoms with van der Waals surface area (Å²) in [5.74, 6) is -0.111. The summed E-state index contributed by atoms with van der Waals surface area (Å²) >= 11 is 0. The molecule has 1 saturated carbocycles. The minimum atomic E-state index is -0.687. The number of nitrogens with zero attached hydrogens (tertiary/aromatic N) is 3. The standard InChI is InChI=1S/C24H28N4O4/c1-4-21(26-30-2)22(20-14-19(20)16-10-6-5-7-11-16)28-32-15-17-12-8-9-13-18(17)23(24(25)29)27-31-3/h5-13,19-20H,4,14-15H2,1-3H3,(H2,25,29)/t19-,20+/m0/s1. The molecule has 2 aromatic rings. The first kappa shape index (κ1) is 23.0. The van der Waals surface area contributed by atoms with Crippen LogP contribution in [0.5, 0.6) is 0 Å². The van der Waals surface area contributed by atoms with E-state index in [1.807, 2.05) is 37.3 Å². The summed E-state index contributed by atoms with van der Waals surface area (Å²) in [6, 6.07) is 17.5. The first-order chi connectivity index (χ1) is 15.6. The predicted octanol–water partition coefficient (Wildman–Crippen LogP) is 3.61. The Bertz CT molecular complexity index is 1020. The lowest BCUT2D eigenvalue weighted by atomic mass is 10.0. The minimum Gasteiger partial charge on any atom is -0.399 e. The average Bonchev–Trinajstić information content (AvgIpc) is 3.60.